The summed E-state index contributed by atoms with van der Waals surface area (Å²) >= 11 is 7.54. The van der Waals surface area contributed by atoms with Crippen LogP contribution in [-0.2, 0) is 16.1 Å². The van der Waals surface area contributed by atoms with Crippen LogP contribution in [0.5, 0.6) is 0 Å². The normalized spacial score (nSPS) is 35.4. The van der Waals surface area contributed by atoms with Crippen molar-refractivity contribution >= 4 is 29.3 Å². The molecule has 0 radical (unpaired) electrons. The largest absolute Gasteiger partial charge is 0.519 e. The van der Waals surface area contributed by atoms with Gasteiger partial charge in [0.1, 0.15) is 41.3 Å². The van der Waals surface area contributed by atoms with E-state index in [1.807, 2.05) is 6.92 Å². The number of aliphatic hydroxyl groups excluding tert-OH is 3. The number of amides is 1. The third kappa shape index (κ3) is 6.46. The van der Waals surface area contributed by atoms with Crippen LogP contribution < -0.4 is 11.1 Å². The molecule has 1 aromatic rings. The first kappa shape index (κ1) is 29.4. The average Bonchev–Trinajstić information content (AvgIpc) is 3.14. The first-order valence-electron chi connectivity index (χ1n) is 12.1. The van der Waals surface area contributed by atoms with Crippen molar-refractivity contribution in [3.63, 3.8) is 0 Å². The molecule has 1 amide bonds. The summed E-state index contributed by atoms with van der Waals surface area (Å²) in [6.07, 6.45) is -2.74. The minimum absolute atomic E-state index is 0.0704. The van der Waals surface area contributed by atoms with E-state index < -0.39 is 64.7 Å². The van der Waals surface area contributed by atoms with E-state index in [2.05, 4.69) is 5.32 Å². The van der Waals surface area contributed by atoms with Crippen LogP contribution in [0.15, 0.2) is 13.6 Å². The quantitative estimate of drug-likeness (QED) is 0.329. The molecule has 13 heteroatoms. The molecule has 9 atom stereocenters. The van der Waals surface area contributed by atoms with Gasteiger partial charge in [-0.25, -0.2) is 9.18 Å². The van der Waals surface area contributed by atoms with Crippen LogP contribution in [-0.4, -0.2) is 91.9 Å². The molecule has 2 aliphatic heterocycles. The molecule has 0 saturated carbocycles. The summed E-state index contributed by atoms with van der Waals surface area (Å²) in [5.41, 5.74) is -2.39. The number of hydrogen-bond donors (Lipinski definition) is 4. The fourth-order valence-electron chi connectivity index (χ4n) is 4.99. The molecule has 1 unspecified atom stereocenters. The van der Waals surface area contributed by atoms with Gasteiger partial charge in [-0.3, -0.25) is 9.69 Å². The van der Waals surface area contributed by atoms with Gasteiger partial charge in [0.2, 0.25) is 5.91 Å². The second-order valence-corrected chi connectivity index (χ2v) is 11.3. The standard InChI is InChI=1S/C23H36ClFN2O8S/c1-5-6-23(25)7-8-27(10-14-12(3)33-22(32)34-14)13(9-23)20(31)26-15(11(2)24)19-17(29)16(28)18(30)21(35-19)36-4/h11,13,15-19,21,28-30H,5-10H2,1-4H3,(H,26,31)/t11-,13-,15+,16-,17+,18+,19+,21+,23?/m0/s1. The highest BCUT2D eigenvalue weighted by molar-refractivity contribution is 7.99. The molecule has 1 aromatic heterocycles. The van der Waals surface area contributed by atoms with Crippen molar-refractivity contribution in [3.8, 4) is 0 Å². The molecule has 206 valence electrons. The van der Waals surface area contributed by atoms with Gasteiger partial charge >= 0.3 is 5.82 Å². The predicted octanol–water partition coefficient (Wildman–Crippen LogP) is 1.30. The van der Waals surface area contributed by atoms with Crippen molar-refractivity contribution in [1.82, 2.24) is 10.2 Å². The monoisotopic (exact) mass is 554 g/mol. The zero-order valence-electron chi connectivity index (χ0n) is 20.9. The first-order valence-corrected chi connectivity index (χ1v) is 13.8. The number of likely N-dealkylation sites (tertiary alicyclic amines) is 1. The summed E-state index contributed by atoms with van der Waals surface area (Å²) < 4.78 is 31.5. The van der Waals surface area contributed by atoms with E-state index in [-0.39, 0.29) is 37.5 Å². The van der Waals surface area contributed by atoms with E-state index in [0.29, 0.717) is 12.8 Å². The summed E-state index contributed by atoms with van der Waals surface area (Å²) in [5.74, 6) is -0.847. The van der Waals surface area contributed by atoms with Gasteiger partial charge in [-0.05, 0) is 32.9 Å². The summed E-state index contributed by atoms with van der Waals surface area (Å²) in [6, 6.07) is -1.89. The zero-order valence-corrected chi connectivity index (χ0v) is 22.4. The molecule has 36 heavy (non-hydrogen) atoms. The molecule has 3 rings (SSSR count). The number of nitrogens with one attached hydrogen (secondary N) is 1. The van der Waals surface area contributed by atoms with Crippen LogP contribution in [0.4, 0.5) is 4.39 Å². The number of hydrogen-bond acceptors (Lipinski definition) is 10. The summed E-state index contributed by atoms with van der Waals surface area (Å²) in [4.78, 5) is 26.8. The lowest BCUT2D eigenvalue weighted by Crippen LogP contribution is -2.66. The average molecular weight is 555 g/mol. The van der Waals surface area contributed by atoms with Crippen molar-refractivity contribution in [2.24, 2.45) is 0 Å². The molecule has 2 aliphatic rings. The molecule has 2 fully saturated rings. The van der Waals surface area contributed by atoms with Gasteiger partial charge < -0.3 is 34.2 Å². The summed E-state index contributed by atoms with van der Waals surface area (Å²) in [7, 11) is 0. The van der Waals surface area contributed by atoms with Crippen molar-refractivity contribution in [2.45, 2.75) is 106 Å². The van der Waals surface area contributed by atoms with Gasteiger partial charge in [-0.2, -0.15) is 0 Å². The van der Waals surface area contributed by atoms with E-state index in [1.54, 1.807) is 25.0 Å². The minimum Gasteiger partial charge on any atom is -0.396 e. The zero-order chi connectivity index (χ0) is 26.8. The van der Waals surface area contributed by atoms with Crippen LogP contribution in [0.25, 0.3) is 0 Å². The SMILES string of the molecule is CCCC1(F)CCN(Cc2oc(=O)oc2C)[C@H](C(=O)N[C@@H]([C@H]2O[C@H](SC)[C@H](O)[C@@H](O)[C@H]2O)[C@H](C)Cl)C1. The number of aliphatic hydroxyl groups is 3. The van der Waals surface area contributed by atoms with E-state index in [0.717, 1.165) is 11.8 Å². The van der Waals surface area contributed by atoms with Crippen LogP contribution in [0.3, 0.4) is 0 Å². The maximum absolute atomic E-state index is 15.6. The van der Waals surface area contributed by atoms with E-state index >= 15 is 4.39 Å². The Morgan fingerprint density at radius 2 is 2.00 bits per heavy atom. The molecular formula is C23H36ClFN2O8S. The highest BCUT2D eigenvalue weighted by Gasteiger charge is 2.49. The molecule has 0 aromatic carbocycles. The lowest BCUT2D eigenvalue weighted by atomic mass is 9.83. The lowest BCUT2D eigenvalue weighted by Gasteiger charge is -2.45. The Hall–Kier alpha value is -1.15. The topological polar surface area (TPSA) is 146 Å². The molecular weight excluding hydrogens is 519 g/mol. The third-order valence-electron chi connectivity index (χ3n) is 7.03. The molecule has 0 spiro atoms. The number of piperidine rings is 1. The molecule has 4 N–H and O–H groups in total. The maximum atomic E-state index is 15.6. The molecule has 10 nitrogen and oxygen atoms in total. The van der Waals surface area contributed by atoms with Crippen molar-refractivity contribution in [2.75, 3.05) is 12.8 Å². The number of halogens is 2. The van der Waals surface area contributed by atoms with Gasteiger partial charge in [0.25, 0.3) is 0 Å². The van der Waals surface area contributed by atoms with Gasteiger partial charge in [-0.1, -0.05) is 13.3 Å². The summed E-state index contributed by atoms with van der Waals surface area (Å²) in [6.45, 7) is 5.37. The number of alkyl halides is 2. The number of rotatable bonds is 9. The fourth-order valence-corrected chi connectivity index (χ4v) is 5.87. The Kier molecular flexibility index (Phi) is 9.92. The molecule has 0 bridgehead atoms. The number of ether oxygens (including phenoxy) is 1. The third-order valence-corrected chi connectivity index (χ3v) is 8.15. The van der Waals surface area contributed by atoms with E-state index in [9.17, 15) is 24.9 Å². The van der Waals surface area contributed by atoms with Gasteiger partial charge in [-0.15, -0.1) is 23.4 Å². The highest BCUT2D eigenvalue weighted by Crippen LogP contribution is 2.36. The number of nitrogens with zero attached hydrogens (tertiary/aromatic N) is 1. The smallest absolute Gasteiger partial charge is 0.396 e. The minimum atomic E-state index is -1.55. The van der Waals surface area contributed by atoms with Crippen molar-refractivity contribution in [1.29, 1.82) is 0 Å². The van der Waals surface area contributed by atoms with Crippen molar-refractivity contribution in [3.05, 3.63) is 22.1 Å². The summed E-state index contributed by atoms with van der Waals surface area (Å²) in [5, 5.41) is 33.2. The molecule has 3 heterocycles. The highest BCUT2D eigenvalue weighted by atomic mass is 35.5. The predicted molar refractivity (Wildman–Crippen MR) is 132 cm³/mol. The van der Waals surface area contributed by atoms with Crippen molar-refractivity contribution < 1.29 is 38.1 Å². The lowest BCUT2D eigenvalue weighted by molar-refractivity contribution is -0.205. The van der Waals surface area contributed by atoms with Crippen LogP contribution in [0, 0.1) is 6.92 Å². The molecule has 2 saturated heterocycles. The van der Waals surface area contributed by atoms with E-state index in [1.165, 1.54) is 0 Å². The Balaban J connectivity index is 1.85. The van der Waals surface area contributed by atoms with Gasteiger partial charge in [0.05, 0.1) is 24.0 Å². The first-order chi connectivity index (χ1) is 16.9. The van der Waals surface area contributed by atoms with Gasteiger partial charge in [0, 0.05) is 13.0 Å². The fraction of sp³-hybridized carbons (Fsp3) is 0.826. The van der Waals surface area contributed by atoms with Gasteiger partial charge in [0.15, 0.2) is 5.76 Å². The second-order valence-electron chi connectivity index (χ2n) is 9.66. The van der Waals surface area contributed by atoms with Crippen LogP contribution in [0.1, 0.15) is 51.1 Å². The maximum Gasteiger partial charge on any atom is 0.519 e. The number of carbonyl (C=O) groups excluding carboxylic acids is 1. The Morgan fingerprint density at radius 3 is 2.56 bits per heavy atom. The second kappa shape index (κ2) is 12.1. The number of carbonyl (C=O) groups is 1. The Labute approximate surface area is 218 Å². The number of aryl methyl sites for hydroxylation is 1. The van der Waals surface area contributed by atoms with E-state index in [4.69, 9.17) is 25.2 Å². The molecule has 0 aliphatic carbocycles. The Morgan fingerprint density at radius 1 is 1.31 bits per heavy atom. The van der Waals surface area contributed by atoms with Crippen LogP contribution >= 0.6 is 23.4 Å². The van der Waals surface area contributed by atoms with Crippen LogP contribution in [0.2, 0.25) is 0 Å². The Bertz CT molecular complexity index is 945. The number of thioether (sulfide) groups is 1.